The van der Waals surface area contributed by atoms with Gasteiger partial charge in [0.05, 0.1) is 4.90 Å². The van der Waals surface area contributed by atoms with Gasteiger partial charge in [-0.3, -0.25) is 0 Å². The summed E-state index contributed by atoms with van der Waals surface area (Å²) in [4.78, 5) is 0.0788. The highest BCUT2D eigenvalue weighted by molar-refractivity contribution is 7.89. The Hall–Kier alpha value is -1.60. The zero-order valence-electron chi connectivity index (χ0n) is 10.7. The minimum absolute atomic E-state index is 0.0437. The van der Waals surface area contributed by atoms with Gasteiger partial charge in [0.15, 0.2) is 0 Å². The predicted molar refractivity (Wildman–Crippen MR) is 71.2 cm³/mol. The highest BCUT2D eigenvalue weighted by atomic mass is 32.2. The second kappa shape index (κ2) is 4.21. The highest BCUT2D eigenvalue weighted by Crippen LogP contribution is 2.64. The Morgan fingerprint density at radius 1 is 1.32 bits per heavy atom. The molecule has 0 radical (unpaired) electrons. The van der Waals surface area contributed by atoms with Crippen LogP contribution in [0.25, 0.3) is 0 Å². The first-order valence-electron chi connectivity index (χ1n) is 5.79. The Labute approximate surface area is 112 Å². The van der Waals surface area contributed by atoms with Crippen molar-refractivity contribution in [2.75, 3.05) is 0 Å². The van der Waals surface area contributed by atoms with Crippen LogP contribution < -0.4 is 10.9 Å². The molecule has 5 N–H and O–H groups in total. The first-order chi connectivity index (χ1) is 8.69. The summed E-state index contributed by atoms with van der Waals surface area (Å²) in [6.07, 6.45) is 0. The minimum atomic E-state index is -3.68. The third kappa shape index (κ3) is 2.31. The molecular weight excluding hydrogens is 266 g/mol. The number of hydrogen-bond acceptors (Lipinski definition) is 4. The second-order valence-electron chi connectivity index (χ2n) is 5.42. The van der Waals surface area contributed by atoms with Gasteiger partial charge in [0.2, 0.25) is 10.0 Å². The van der Waals surface area contributed by atoms with Crippen LogP contribution in [-0.2, 0) is 10.0 Å². The Kier molecular flexibility index (Phi) is 3.06. The van der Waals surface area contributed by atoms with E-state index >= 15 is 0 Å². The zero-order valence-corrected chi connectivity index (χ0v) is 11.6. The van der Waals surface area contributed by atoms with Crippen molar-refractivity contribution in [3.05, 3.63) is 29.8 Å². The lowest BCUT2D eigenvalue weighted by Gasteiger charge is -2.04. The Morgan fingerprint density at radius 3 is 2.26 bits per heavy atom. The number of benzene rings is 1. The lowest BCUT2D eigenvalue weighted by molar-refractivity contribution is 0.315. The lowest BCUT2D eigenvalue weighted by atomic mass is 10.0. The molecule has 0 aliphatic heterocycles. The molecule has 2 atom stereocenters. The molecule has 0 aromatic heterocycles. The van der Waals surface area contributed by atoms with Crippen LogP contribution in [0, 0.1) is 11.3 Å². The first kappa shape index (κ1) is 13.8. The van der Waals surface area contributed by atoms with Gasteiger partial charge in [0.25, 0.3) is 0 Å². The third-order valence-corrected chi connectivity index (χ3v) is 4.76. The normalized spacial score (nSPS) is 26.2. The number of oxime groups is 1. The summed E-state index contributed by atoms with van der Waals surface area (Å²) in [5.74, 6) is 0.265. The fourth-order valence-electron chi connectivity index (χ4n) is 2.74. The van der Waals surface area contributed by atoms with Crippen molar-refractivity contribution in [1.82, 2.24) is 0 Å². The molecule has 104 valence electrons. The molecule has 0 heterocycles. The summed E-state index contributed by atoms with van der Waals surface area (Å²) in [5, 5.41) is 16.9. The van der Waals surface area contributed by atoms with Crippen LogP contribution in [0.4, 0.5) is 0 Å². The molecular formula is C12H17N3O3S. The first-order valence-corrected chi connectivity index (χ1v) is 7.34. The van der Waals surface area contributed by atoms with Gasteiger partial charge >= 0.3 is 0 Å². The molecule has 0 unspecified atom stereocenters. The van der Waals surface area contributed by atoms with Crippen LogP contribution in [0.15, 0.2) is 34.3 Å². The van der Waals surface area contributed by atoms with Crippen molar-refractivity contribution >= 4 is 15.9 Å². The summed E-state index contributed by atoms with van der Waals surface area (Å²) in [5.41, 5.74) is 6.51. The zero-order chi connectivity index (χ0) is 14.4. The van der Waals surface area contributed by atoms with E-state index in [-0.39, 0.29) is 28.0 Å². The monoisotopic (exact) mass is 283 g/mol. The molecule has 1 fully saturated rings. The highest BCUT2D eigenvalue weighted by Gasteiger charge is 2.60. The van der Waals surface area contributed by atoms with E-state index in [1.807, 2.05) is 13.8 Å². The predicted octanol–water partition coefficient (Wildman–Crippen LogP) is 0.820. The van der Waals surface area contributed by atoms with Gasteiger partial charge in [-0.15, -0.1) is 0 Å². The topological polar surface area (TPSA) is 119 Å². The SMILES string of the molecule is CC1(C)[C@H](C(N)=NO)[C@H]1c1ccc(S(N)(=O)=O)cc1. The van der Waals surface area contributed by atoms with Crippen molar-refractivity contribution in [2.24, 2.45) is 27.4 Å². The number of hydrogen-bond donors (Lipinski definition) is 3. The summed E-state index contributed by atoms with van der Waals surface area (Å²) in [6, 6.07) is 6.39. The van der Waals surface area contributed by atoms with Gasteiger partial charge in [-0.2, -0.15) is 0 Å². The van der Waals surface area contributed by atoms with E-state index in [2.05, 4.69) is 5.16 Å². The fourth-order valence-corrected chi connectivity index (χ4v) is 3.25. The van der Waals surface area contributed by atoms with Gasteiger partial charge in [-0.25, -0.2) is 13.6 Å². The smallest absolute Gasteiger partial charge is 0.238 e. The molecule has 0 bridgehead atoms. The molecule has 0 saturated heterocycles. The average Bonchev–Trinajstić information content (AvgIpc) is 2.90. The summed E-state index contributed by atoms with van der Waals surface area (Å²) in [6.45, 7) is 4.04. The van der Waals surface area contributed by atoms with Crippen molar-refractivity contribution in [1.29, 1.82) is 0 Å². The summed E-state index contributed by atoms with van der Waals surface area (Å²) < 4.78 is 22.4. The maximum Gasteiger partial charge on any atom is 0.238 e. The maximum atomic E-state index is 11.2. The average molecular weight is 283 g/mol. The largest absolute Gasteiger partial charge is 0.409 e. The van der Waals surface area contributed by atoms with Gasteiger partial charge in [0, 0.05) is 11.8 Å². The Bertz CT molecular complexity index is 620. The molecule has 2 rings (SSSR count). The van der Waals surface area contributed by atoms with Gasteiger partial charge in [-0.1, -0.05) is 31.1 Å². The third-order valence-electron chi connectivity index (χ3n) is 3.83. The van der Waals surface area contributed by atoms with E-state index < -0.39 is 10.0 Å². The van der Waals surface area contributed by atoms with Crippen LogP contribution in [0.3, 0.4) is 0 Å². The molecule has 1 aromatic rings. The van der Waals surface area contributed by atoms with E-state index in [4.69, 9.17) is 16.1 Å². The van der Waals surface area contributed by atoms with E-state index in [0.717, 1.165) is 5.56 Å². The molecule has 1 saturated carbocycles. The van der Waals surface area contributed by atoms with Gasteiger partial charge in [0.1, 0.15) is 5.84 Å². The second-order valence-corrected chi connectivity index (χ2v) is 6.98. The molecule has 0 spiro atoms. The van der Waals surface area contributed by atoms with E-state index in [1.165, 1.54) is 12.1 Å². The van der Waals surface area contributed by atoms with Crippen LogP contribution in [-0.4, -0.2) is 19.5 Å². The van der Waals surface area contributed by atoms with Crippen LogP contribution in [0.2, 0.25) is 0 Å². The summed E-state index contributed by atoms with van der Waals surface area (Å²) >= 11 is 0. The molecule has 1 aliphatic carbocycles. The number of nitrogens with two attached hydrogens (primary N) is 2. The van der Waals surface area contributed by atoms with Crippen LogP contribution >= 0.6 is 0 Å². The number of amidine groups is 1. The van der Waals surface area contributed by atoms with Gasteiger partial charge < -0.3 is 10.9 Å². The molecule has 19 heavy (non-hydrogen) atoms. The van der Waals surface area contributed by atoms with E-state index in [1.54, 1.807) is 12.1 Å². The lowest BCUT2D eigenvalue weighted by Crippen LogP contribution is -2.17. The molecule has 1 aromatic carbocycles. The van der Waals surface area contributed by atoms with E-state index in [0.29, 0.717) is 0 Å². The number of sulfonamides is 1. The molecule has 1 aliphatic rings. The van der Waals surface area contributed by atoms with E-state index in [9.17, 15) is 8.42 Å². The van der Waals surface area contributed by atoms with Crippen molar-refractivity contribution in [3.8, 4) is 0 Å². The van der Waals surface area contributed by atoms with Gasteiger partial charge in [-0.05, 0) is 23.1 Å². The van der Waals surface area contributed by atoms with Crippen molar-refractivity contribution < 1.29 is 13.6 Å². The standard InChI is InChI=1S/C12H17N3O3S/c1-12(2)9(10(12)11(13)15-16)7-3-5-8(6-4-7)19(14,17)18/h3-6,9-10,16H,1-2H3,(H2,13,15)(H2,14,17,18)/t9-,10+/m1/s1. The van der Waals surface area contributed by atoms with Crippen LogP contribution in [0.5, 0.6) is 0 Å². The maximum absolute atomic E-state index is 11.2. The quantitative estimate of drug-likeness (QED) is 0.329. The number of rotatable bonds is 3. The molecule has 7 heteroatoms. The number of primary sulfonamides is 1. The number of nitrogens with zero attached hydrogens (tertiary/aromatic N) is 1. The van der Waals surface area contributed by atoms with Crippen molar-refractivity contribution in [3.63, 3.8) is 0 Å². The Morgan fingerprint density at radius 2 is 1.84 bits per heavy atom. The summed E-state index contributed by atoms with van der Waals surface area (Å²) in [7, 11) is -3.68. The minimum Gasteiger partial charge on any atom is -0.409 e. The van der Waals surface area contributed by atoms with Crippen LogP contribution in [0.1, 0.15) is 25.3 Å². The fraction of sp³-hybridized carbons (Fsp3) is 0.417. The Balaban J connectivity index is 2.31. The molecule has 6 nitrogen and oxygen atoms in total. The van der Waals surface area contributed by atoms with Crippen molar-refractivity contribution in [2.45, 2.75) is 24.7 Å². The molecule has 0 amide bonds.